The van der Waals surface area contributed by atoms with Crippen molar-refractivity contribution in [3.05, 3.63) is 23.5 Å². The van der Waals surface area contributed by atoms with E-state index < -0.39 is 0 Å². The van der Waals surface area contributed by atoms with E-state index in [1.54, 1.807) is 13.1 Å². The van der Waals surface area contributed by atoms with Crippen LogP contribution in [0.1, 0.15) is 16.1 Å². The fourth-order valence-corrected chi connectivity index (χ4v) is 1.38. The molecule has 1 aliphatic rings. The van der Waals surface area contributed by atoms with Crippen molar-refractivity contribution >= 4 is 17.9 Å². The molecule has 1 aliphatic heterocycles. The van der Waals surface area contributed by atoms with Gasteiger partial charge in [0.2, 0.25) is 5.91 Å². The van der Waals surface area contributed by atoms with Crippen LogP contribution in [0.3, 0.4) is 0 Å². The first-order chi connectivity index (χ1) is 6.22. The summed E-state index contributed by atoms with van der Waals surface area (Å²) in [6.45, 7) is 0. The smallest absolute Gasteiger partial charge is 0.232 e. The quantitative estimate of drug-likeness (QED) is 0.582. The van der Waals surface area contributed by atoms with Gasteiger partial charge in [0.05, 0.1) is 17.8 Å². The van der Waals surface area contributed by atoms with Gasteiger partial charge in [0.1, 0.15) is 0 Å². The van der Waals surface area contributed by atoms with E-state index in [9.17, 15) is 9.59 Å². The molecule has 0 fully saturated rings. The number of nitrogens with zero attached hydrogens (tertiary/aromatic N) is 2. The van der Waals surface area contributed by atoms with Crippen LogP contribution in [0.25, 0.3) is 0 Å². The van der Waals surface area contributed by atoms with E-state index in [1.165, 1.54) is 11.1 Å². The first-order valence-electron chi connectivity index (χ1n) is 3.93. The number of likely N-dealkylation sites (N-methyl/N-ethyl adjacent to an activating group) is 1. The van der Waals surface area contributed by atoms with Crippen molar-refractivity contribution in [1.29, 1.82) is 0 Å². The molecule has 66 valence electrons. The van der Waals surface area contributed by atoms with Crippen molar-refractivity contribution in [2.24, 2.45) is 0 Å². The van der Waals surface area contributed by atoms with Gasteiger partial charge in [-0.2, -0.15) is 0 Å². The Balaban J connectivity index is 2.53. The molecule has 0 aliphatic carbocycles. The Labute approximate surface area is 75.2 Å². The molecule has 1 amide bonds. The van der Waals surface area contributed by atoms with Crippen molar-refractivity contribution < 1.29 is 9.59 Å². The third-order valence-corrected chi connectivity index (χ3v) is 2.16. The van der Waals surface area contributed by atoms with Crippen LogP contribution >= 0.6 is 0 Å². The highest BCUT2D eigenvalue weighted by molar-refractivity contribution is 6.00. The van der Waals surface area contributed by atoms with Gasteiger partial charge in [0, 0.05) is 18.8 Å². The third-order valence-electron chi connectivity index (χ3n) is 2.16. The first kappa shape index (κ1) is 7.91. The van der Waals surface area contributed by atoms with Gasteiger partial charge in [-0.3, -0.25) is 14.6 Å². The largest absolute Gasteiger partial charge is 0.313 e. The summed E-state index contributed by atoms with van der Waals surface area (Å²) in [6, 6.07) is 1.68. The number of carbonyl (C=O) groups excluding carboxylic acids is 2. The Morgan fingerprint density at radius 3 is 3.08 bits per heavy atom. The van der Waals surface area contributed by atoms with Crippen molar-refractivity contribution in [2.45, 2.75) is 6.42 Å². The zero-order valence-electron chi connectivity index (χ0n) is 7.15. The Bertz CT molecular complexity index is 387. The summed E-state index contributed by atoms with van der Waals surface area (Å²) in [7, 11) is 1.68. The summed E-state index contributed by atoms with van der Waals surface area (Å²) >= 11 is 0. The van der Waals surface area contributed by atoms with Gasteiger partial charge in [0.15, 0.2) is 6.29 Å². The normalized spacial score (nSPS) is 14.5. The topological polar surface area (TPSA) is 50.3 Å². The van der Waals surface area contributed by atoms with Gasteiger partial charge in [0.25, 0.3) is 0 Å². The summed E-state index contributed by atoms with van der Waals surface area (Å²) in [4.78, 5) is 27.2. The van der Waals surface area contributed by atoms with Crippen LogP contribution in [0.15, 0.2) is 12.3 Å². The van der Waals surface area contributed by atoms with Crippen LogP contribution < -0.4 is 4.90 Å². The van der Waals surface area contributed by atoms with E-state index in [-0.39, 0.29) is 5.91 Å². The molecule has 1 aromatic rings. The molecule has 0 atom stereocenters. The molecule has 0 N–H and O–H groups in total. The summed E-state index contributed by atoms with van der Waals surface area (Å²) in [5, 5.41) is 0. The molecule has 4 nitrogen and oxygen atoms in total. The number of anilines is 1. The molecule has 0 saturated heterocycles. The third kappa shape index (κ3) is 1.11. The number of carbonyl (C=O) groups is 2. The lowest BCUT2D eigenvalue weighted by atomic mass is 10.2. The zero-order valence-corrected chi connectivity index (χ0v) is 7.15. The molecule has 2 rings (SSSR count). The first-order valence-corrected chi connectivity index (χ1v) is 3.93. The lowest BCUT2D eigenvalue weighted by Crippen LogP contribution is -2.20. The van der Waals surface area contributed by atoms with Gasteiger partial charge in [-0.05, 0) is 6.07 Å². The highest BCUT2D eigenvalue weighted by Gasteiger charge is 2.25. The molecule has 0 saturated carbocycles. The Kier molecular flexibility index (Phi) is 1.62. The van der Waals surface area contributed by atoms with E-state index in [4.69, 9.17) is 0 Å². The predicted octanol–water partition coefficient (Wildman–Crippen LogP) is 0.413. The molecular formula is C9H8N2O2. The molecule has 0 unspecified atom stereocenters. The number of rotatable bonds is 1. The fraction of sp³-hybridized carbons (Fsp3) is 0.222. The van der Waals surface area contributed by atoms with Crippen LogP contribution in [0, 0.1) is 0 Å². The minimum Gasteiger partial charge on any atom is -0.313 e. The summed E-state index contributed by atoms with van der Waals surface area (Å²) in [5.41, 5.74) is 1.99. The molecule has 0 bridgehead atoms. The van der Waals surface area contributed by atoms with Crippen LogP contribution in [-0.4, -0.2) is 24.2 Å². The lowest BCUT2D eigenvalue weighted by Gasteiger charge is -2.08. The molecular weight excluding hydrogens is 168 g/mol. The maximum atomic E-state index is 11.2. The van der Waals surface area contributed by atoms with Crippen LogP contribution in [0.2, 0.25) is 0 Å². The minimum atomic E-state index is 0.0190. The Morgan fingerprint density at radius 1 is 1.62 bits per heavy atom. The maximum Gasteiger partial charge on any atom is 0.232 e. The number of aromatic nitrogens is 1. The molecule has 13 heavy (non-hydrogen) atoms. The second-order valence-corrected chi connectivity index (χ2v) is 2.98. The van der Waals surface area contributed by atoms with Gasteiger partial charge < -0.3 is 4.90 Å². The zero-order chi connectivity index (χ0) is 9.42. The SMILES string of the molecule is CN1C(=O)Cc2ncc(C=O)cc21. The average Bonchev–Trinajstić information content (AvgIpc) is 2.43. The highest BCUT2D eigenvalue weighted by atomic mass is 16.2. The number of hydrogen-bond donors (Lipinski definition) is 0. The van der Waals surface area contributed by atoms with Crippen LogP contribution in [-0.2, 0) is 11.2 Å². The summed E-state index contributed by atoms with van der Waals surface area (Å²) in [5.74, 6) is 0.0190. The minimum absolute atomic E-state index is 0.0190. The average molecular weight is 176 g/mol. The standard InChI is InChI=1S/C9H8N2O2/c1-11-8-2-6(5-12)4-10-7(8)3-9(11)13/h2,4-5H,3H2,1H3. The van der Waals surface area contributed by atoms with Crippen molar-refractivity contribution in [3.8, 4) is 0 Å². The van der Waals surface area contributed by atoms with Crippen LogP contribution in [0.5, 0.6) is 0 Å². The van der Waals surface area contributed by atoms with Crippen molar-refractivity contribution in [1.82, 2.24) is 4.98 Å². The number of hydrogen-bond acceptors (Lipinski definition) is 3. The second kappa shape index (κ2) is 2.65. The van der Waals surface area contributed by atoms with E-state index in [1.807, 2.05) is 0 Å². The summed E-state index contributed by atoms with van der Waals surface area (Å²) < 4.78 is 0. The molecule has 0 aromatic carbocycles. The maximum absolute atomic E-state index is 11.2. The van der Waals surface area contributed by atoms with Gasteiger partial charge in [-0.15, -0.1) is 0 Å². The highest BCUT2D eigenvalue weighted by Crippen LogP contribution is 2.25. The number of aldehydes is 1. The second-order valence-electron chi connectivity index (χ2n) is 2.98. The molecule has 1 aromatic heterocycles. The lowest BCUT2D eigenvalue weighted by molar-refractivity contribution is -0.117. The monoisotopic (exact) mass is 176 g/mol. The van der Waals surface area contributed by atoms with Gasteiger partial charge >= 0.3 is 0 Å². The number of pyridine rings is 1. The van der Waals surface area contributed by atoms with E-state index in [0.717, 1.165) is 17.7 Å². The van der Waals surface area contributed by atoms with Crippen molar-refractivity contribution in [3.63, 3.8) is 0 Å². The van der Waals surface area contributed by atoms with E-state index in [2.05, 4.69) is 4.98 Å². The van der Waals surface area contributed by atoms with Gasteiger partial charge in [-0.25, -0.2) is 0 Å². The molecule has 4 heteroatoms. The molecule has 0 radical (unpaired) electrons. The molecule has 2 heterocycles. The molecule has 0 spiro atoms. The number of amides is 1. The predicted molar refractivity (Wildman–Crippen MR) is 46.7 cm³/mol. The summed E-state index contributed by atoms with van der Waals surface area (Å²) in [6.07, 6.45) is 2.55. The van der Waals surface area contributed by atoms with Gasteiger partial charge in [-0.1, -0.05) is 0 Å². The van der Waals surface area contributed by atoms with Crippen molar-refractivity contribution in [2.75, 3.05) is 11.9 Å². The fourth-order valence-electron chi connectivity index (χ4n) is 1.38. The van der Waals surface area contributed by atoms with E-state index >= 15 is 0 Å². The Hall–Kier alpha value is -1.71. The Morgan fingerprint density at radius 2 is 2.38 bits per heavy atom. The van der Waals surface area contributed by atoms with E-state index in [0.29, 0.717) is 12.0 Å². The van der Waals surface area contributed by atoms with Crippen LogP contribution in [0.4, 0.5) is 5.69 Å². The number of fused-ring (bicyclic) bond motifs is 1.